The first-order chi connectivity index (χ1) is 7.44. The lowest BCUT2D eigenvalue weighted by molar-refractivity contribution is 0.598. The Bertz CT molecular complexity index is 517. The molecular formula is C10H13N3O2S. The molecule has 0 aromatic heterocycles. The molecule has 0 spiro atoms. The molecule has 1 rings (SSSR count). The number of nitrogens with zero attached hydrogens (tertiary/aromatic N) is 1. The van der Waals surface area contributed by atoms with Gasteiger partial charge in [-0.15, -0.1) is 0 Å². The number of sulfonamides is 1. The van der Waals surface area contributed by atoms with Crippen molar-refractivity contribution in [2.45, 2.75) is 6.92 Å². The lowest BCUT2D eigenvalue weighted by atomic mass is 10.1. The second-order valence-electron chi connectivity index (χ2n) is 3.40. The molecule has 5 nitrogen and oxygen atoms in total. The van der Waals surface area contributed by atoms with Crippen LogP contribution in [-0.4, -0.2) is 20.7 Å². The predicted octanol–water partition coefficient (Wildman–Crippen LogP) is 0.567. The van der Waals surface area contributed by atoms with Gasteiger partial charge in [0, 0.05) is 6.54 Å². The zero-order valence-electron chi connectivity index (χ0n) is 8.90. The summed E-state index contributed by atoms with van der Waals surface area (Å²) >= 11 is 0. The molecule has 0 heterocycles. The molecule has 0 saturated heterocycles. The maximum Gasteiger partial charge on any atom is 0.210 e. The zero-order chi connectivity index (χ0) is 12.2. The van der Waals surface area contributed by atoms with Gasteiger partial charge in [0.25, 0.3) is 0 Å². The number of primary sulfonamides is 1. The molecule has 0 unspecified atom stereocenters. The summed E-state index contributed by atoms with van der Waals surface area (Å²) in [5, 5.41) is 16.7. The van der Waals surface area contributed by atoms with E-state index in [2.05, 4.69) is 11.4 Å². The minimum Gasteiger partial charge on any atom is -0.383 e. The lowest BCUT2D eigenvalue weighted by Crippen LogP contribution is -2.22. The van der Waals surface area contributed by atoms with Crippen molar-refractivity contribution in [2.24, 2.45) is 5.14 Å². The number of nitrogens with one attached hydrogen (secondary N) is 1. The fourth-order valence-corrected chi connectivity index (χ4v) is 1.68. The van der Waals surface area contributed by atoms with Gasteiger partial charge in [0.15, 0.2) is 0 Å². The smallest absolute Gasteiger partial charge is 0.210 e. The summed E-state index contributed by atoms with van der Waals surface area (Å²) in [4.78, 5) is 0. The standard InChI is InChI=1S/C10H13N3O2S/c1-8-3-2-4-10(9(8)7-11)13-5-6-16(12,14)15/h2-4,13H,5-6H2,1H3,(H2,12,14,15). The third-order valence-corrected chi connectivity index (χ3v) is 2.86. The average molecular weight is 239 g/mol. The first-order valence-electron chi connectivity index (χ1n) is 4.68. The Hall–Kier alpha value is -1.58. The highest BCUT2D eigenvalue weighted by Crippen LogP contribution is 2.17. The van der Waals surface area contributed by atoms with Gasteiger partial charge in [-0.05, 0) is 18.6 Å². The van der Waals surface area contributed by atoms with Crippen molar-refractivity contribution >= 4 is 15.7 Å². The van der Waals surface area contributed by atoms with Gasteiger partial charge in [0.1, 0.15) is 6.07 Å². The van der Waals surface area contributed by atoms with Crippen LogP contribution in [0.25, 0.3) is 0 Å². The molecule has 1 aromatic carbocycles. The quantitative estimate of drug-likeness (QED) is 0.802. The van der Waals surface area contributed by atoms with Crippen LogP contribution < -0.4 is 10.5 Å². The molecule has 0 aliphatic heterocycles. The molecule has 86 valence electrons. The van der Waals surface area contributed by atoms with Gasteiger partial charge >= 0.3 is 0 Å². The molecule has 0 aliphatic carbocycles. The SMILES string of the molecule is Cc1cccc(NCCS(N)(=O)=O)c1C#N. The van der Waals surface area contributed by atoms with Crippen LogP contribution in [0.5, 0.6) is 0 Å². The number of anilines is 1. The summed E-state index contributed by atoms with van der Waals surface area (Å²) in [6.07, 6.45) is 0. The lowest BCUT2D eigenvalue weighted by Gasteiger charge is -2.08. The molecule has 3 N–H and O–H groups in total. The van der Waals surface area contributed by atoms with Gasteiger partial charge in [0.05, 0.1) is 17.0 Å². The number of hydrogen-bond acceptors (Lipinski definition) is 4. The fourth-order valence-electron chi connectivity index (χ4n) is 1.29. The van der Waals surface area contributed by atoms with E-state index < -0.39 is 10.0 Å². The Kier molecular flexibility index (Phi) is 3.88. The zero-order valence-corrected chi connectivity index (χ0v) is 9.71. The van der Waals surface area contributed by atoms with Crippen molar-refractivity contribution in [2.75, 3.05) is 17.6 Å². The topological polar surface area (TPSA) is 96.0 Å². The molecule has 0 amide bonds. The van der Waals surface area contributed by atoms with Crippen LogP contribution >= 0.6 is 0 Å². The van der Waals surface area contributed by atoms with Gasteiger partial charge in [0.2, 0.25) is 10.0 Å². The van der Waals surface area contributed by atoms with E-state index in [0.717, 1.165) is 5.56 Å². The number of nitriles is 1. The Balaban J connectivity index is 2.76. The minimum absolute atomic E-state index is 0.161. The number of nitrogens with two attached hydrogens (primary N) is 1. The van der Waals surface area contributed by atoms with E-state index in [1.54, 1.807) is 12.1 Å². The predicted molar refractivity (Wildman–Crippen MR) is 62.4 cm³/mol. The minimum atomic E-state index is -3.47. The summed E-state index contributed by atoms with van der Waals surface area (Å²) in [5.74, 6) is -0.161. The number of rotatable bonds is 4. The van der Waals surface area contributed by atoms with E-state index in [0.29, 0.717) is 11.3 Å². The molecule has 1 aromatic rings. The Morgan fingerprint density at radius 2 is 2.19 bits per heavy atom. The summed E-state index contributed by atoms with van der Waals surface area (Å²) in [6.45, 7) is 2.01. The van der Waals surface area contributed by atoms with Crippen molar-refractivity contribution in [1.29, 1.82) is 5.26 Å². The van der Waals surface area contributed by atoms with Gasteiger partial charge in [-0.2, -0.15) is 5.26 Å². The molecule has 0 bridgehead atoms. The highest BCUT2D eigenvalue weighted by molar-refractivity contribution is 7.89. The molecule has 0 radical (unpaired) electrons. The third-order valence-electron chi connectivity index (χ3n) is 2.09. The van der Waals surface area contributed by atoms with Crippen molar-refractivity contribution in [3.63, 3.8) is 0 Å². The van der Waals surface area contributed by atoms with Gasteiger partial charge in [-0.25, -0.2) is 13.6 Å². The highest BCUT2D eigenvalue weighted by Gasteiger charge is 2.06. The monoisotopic (exact) mass is 239 g/mol. The summed E-state index contributed by atoms with van der Waals surface area (Å²) in [6, 6.07) is 7.42. The van der Waals surface area contributed by atoms with Crippen molar-refractivity contribution in [3.8, 4) is 6.07 Å². The van der Waals surface area contributed by atoms with Crippen molar-refractivity contribution in [1.82, 2.24) is 0 Å². The molecule has 0 fully saturated rings. The second kappa shape index (κ2) is 4.96. The Labute approximate surface area is 94.9 Å². The van der Waals surface area contributed by atoms with Gasteiger partial charge in [-0.1, -0.05) is 12.1 Å². The van der Waals surface area contributed by atoms with Crippen LogP contribution in [-0.2, 0) is 10.0 Å². The van der Waals surface area contributed by atoms with Gasteiger partial charge in [-0.3, -0.25) is 0 Å². The largest absolute Gasteiger partial charge is 0.383 e. The Morgan fingerprint density at radius 1 is 1.50 bits per heavy atom. The van der Waals surface area contributed by atoms with E-state index in [-0.39, 0.29) is 12.3 Å². The molecule has 16 heavy (non-hydrogen) atoms. The first-order valence-corrected chi connectivity index (χ1v) is 6.39. The van der Waals surface area contributed by atoms with E-state index in [1.807, 2.05) is 13.0 Å². The highest BCUT2D eigenvalue weighted by atomic mass is 32.2. The molecule has 0 aliphatic rings. The van der Waals surface area contributed by atoms with Crippen LogP contribution in [0.2, 0.25) is 0 Å². The fraction of sp³-hybridized carbons (Fsp3) is 0.300. The van der Waals surface area contributed by atoms with E-state index >= 15 is 0 Å². The molecule has 0 saturated carbocycles. The summed E-state index contributed by atoms with van der Waals surface area (Å²) in [5.41, 5.74) is 2.01. The van der Waals surface area contributed by atoms with Crippen molar-refractivity contribution < 1.29 is 8.42 Å². The van der Waals surface area contributed by atoms with Gasteiger partial charge < -0.3 is 5.32 Å². The second-order valence-corrected chi connectivity index (χ2v) is 5.14. The molecule has 0 atom stereocenters. The maximum atomic E-state index is 10.7. The average Bonchev–Trinajstić information content (AvgIpc) is 2.16. The normalized spacial score (nSPS) is 10.8. The van der Waals surface area contributed by atoms with E-state index in [1.165, 1.54) is 0 Å². The maximum absolute atomic E-state index is 10.7. The van der Waals surface area contributed by atoms with Crippen LogP contribution in [0, 0.1) is 18.3 Å². The number of benzene rings is 1. The van der Waals surface area contributed by atoms with Crippen LogP contribution in [0.1, 0.15) is 11.1 Å². The van der Waals surface area contributed by atoms with Crippen LogP contribution in [0.4, 0.5) is 5.69 Å². The summed E-state index contributed by atoms with van der Waals surface area (Å²) < 4.78 is 21.4. The third kappa shape index (κ3) is 3.53. The van der Waals surface area contributed by atoms with Crippen LogP contribution in [0.3, 0.4) is 0 Å². The van der Waals surface area contributed by atoms with E-state index in [4.69, 9.17) is 10.4 Å². The van der Waals surface area contributed by atoms with Crippen LogP contribution in [0.15, 0.2) is 18.2 Å². The molecular weight excluding hydrogens is 226 g/mol. The Morgan fingerprint density at radius 3 is 2.75 bits per heavy atom. The van der Waals surface area contributed by atoms with Crippen molar-refractivity contribution in [3.05, 3.63) is 29.3 Å². The summed E-state index contributed by atoms with van der Waals surface area (Å²) in [7, 11) is -3.47. The number of hydrogen-bond donors (Lipinski definition) is 2. The molecule has 6 heteroatoms. The number of aryl methyl sites for hydroxylation is 1. The first kappa shape index (κ1) is 12.5. The van der Waals surface area contributed by atoms with E-state index in [9.17, 15) is 8.42 Å².